The number of benzene rings is 3. The van der Waals surface area contributed by atoms with Crippen LogP contribution in [0.25, 0.3) is 5.57 Å². The van der Waals surface area contributed by atoms with Crippen LogP contribution in [0, 0.1) is 23.7 Å². The molecule has 0 spiro atoms. The predicted octanol–water partition coefficient (Wildman–Crippen LogP) is 6.39. The summed E-state index contributed by atoms with van der Waals surface area (Å²) in [5, 5.41) is 11.1. The smallest absolute Gasteiger partial charge is 0.260 e. The largest absolute Gasteiger partial charge is 0.493 e. The van der Waals surface area contributed by atoms with E-state index in [2.05, 4.69) is 21.3 Å². The summed E-state index contributed by atoms with van der Waals surface area (Å²) in [5.74, 6) is -0.598. The van der Waals surface area contributed by atoms with Gasteiger partial charge in [0, 0.05) is 93.8 Å². The van der Waals surface area contributed by atoms with E-state index in [-0.39, 0.29) is 118 Å². The second-order valence-electron chi connectivity index (χ2n) is 26.5. The normalized spacial score (nSPS) is 18.0. The number of nitrogens with one attached hydrogen (secondary N) is 4. The third-order valence-corrected chi connectivity index (χ3v) is 18.2. The molecule has 0 bridgehead atoms. The molecule has 4 N–H and O–H groups in total. The van der Waals surface area contributed by atoms with E-state index in [1.54, 1.807) is 73.2 Å². The summed E-state index contributed by atoms with van der Waals surface area (Å²) < 4.78 is 67.9. The standard InChI is InChI=1S/C75H101N9O20/c1-48(2)58-41-69(87)82(73(58)90)18-15-67(85)76-17-22-96-24-26-98-28-30-100-32-34-102-36-35-101-33-31-99-29-27-97-25-23-95-21-16-68(86)81-70(49(3)4)72(89)79-50(5)71(88)80-55-13-11-52(12-14-55)54-38-57-45-78-62-43-66(64(94-7)40-60(62)75(92)84(57)47-54)104-20-8-19-103-65-42-61-59(39-63(65)93-6)74(91)83-46-53(51-9-10-51)37-56(83)44-77-61/h11-14,39-40,42-51,56-58,70H,8-10,15-38,41H2,1-7H3,(H,76,85)(H,79,89)(H,80,88)(H,81,86)/t50-,56-,57-,58?,70?/m0/s1. The van der Waals surface area contributed by atoms with E-state index in [1.165, 1.54) is 37.5 Å². The van der Waals surface area contributed by atoms with Gasteiger partial charge in [-0.3, -0.25) is 53.2 Å². The summed E-state index contributed by atoms with van der Waals surface area (Å²) >= 11 is 0. The summed E-state index contributed by atoms with van der Waals surface area (Å²) in [6.07, 6.45) is 11.8. The number of ether oxygens (including phenoxy) is 12. The molecule has 29 nitrogen and oxygen atoms in total. The maximum Gasteiger partial charge on any atom is 0.260 e. The fraction of sp³-hybridized carbons (Fsp3) is 0.573. The van der Waals surface area contributed by atoms with Gasteiger partial charge in [-0.15, -0.1) is 0 Å². The van der Waals surface area contributed by atoms with Gasteiger partial charge < -0.3 is 87.9 Å². The van der Waals surface area contributed by atoms with Gasteiger partial charge in [0.05, 0.1) is 168 Å². The molecule has 3 aromatic carbocycles. The Labute approximate surface area is 607 Å². The molecule has 5 aliphatic heterocycles. The van der Waals surface area contributed by atoms with Crippen molar-refractivity contribution in [2.45, 2.75) is 110 Å². The fourth-order valence-electron chi connectivity index (χ4n) is 12.1. The van der Waals surface area contributed by atoms with Crippen molar-refractivity contribution in [2.75, 3.05) is 152 Å². The number of methoxy groups -OCH3 is 2. The van der Waals surface area contributed by atoms with Crippen LogP contribution in [0.3, 0.4) is 0 Å². The van der Waals surface area contributed by atoms with E-state index in [4.69, 9.17) is 66.8 Å². The molecular formula is C75H101N9O20. The lowest BCUT2D eigenvalue weighted by Gasteiger charge is -2.24. The number of amides is 8. The molecule has 8 amide bonds. The molecule has 1 saturated carbocycles. The highest BCUT2D eigenvalue weighted by Crippen LogP contribution is 2.45. The van der Waals surface area contributed by atoms with Gasteiger partial charge in [0.1, 0.15) is 12.1 Å². The third-order valence-electron chi connectivity index (χ3n) is 18.2. The average Bonchev–Trinajstić information content (AvgIpc) is 1.61. The van der Waals surface area contributed by atoms with Gasteiger partial charge in [0.25, 0.3) is 11.8 Å². The molecule has 29 heteroatoms. The summed E-state index contributed by atoms with van der Waals surface area (Å²) in [6, 6.07) is 11.7. The molecule has 0 radical (unpaired) electrons. The van der Waals surface area contributed by atoms with Crippen LogP contribution < -0.4 is 40.2 Å². The van der Waals surface area contributed by atoms with Crippen LogP contribution in [0.5, 0.6) is 23.0 Å². The van der Waals surface area contributed by atoms with Crippen LogP contribution in [0.2, 0.25) is 0 Å². The molecule has 104 heavy (non-hydrogen) atoms. The maximum absolute atomic E-state index is 14.2. The lowest BCUT2D eigenvalue weighted by atomic mass is 9.94. The van der Waals surface area contributed by atoms with Gasteiger partial charge in [-0.25, -0.2) is 0 Å². The highest BCUT2D eigenvalue weighted by atomic mass is 16.6. The number of hydrogen-bond acceptors (Lipinski definition) is 22. The SMILES string of the molecule is COc1cc2c(cc1OCCCOc1cc3c(cc1OC)C(=O)N1C=C(C4CC4)C[C@H]1C=N3)N=C[C@@H]1CC(c3ccc(NC(=O)[C@H](C)NC(=O)C(NC(=O)CCOCCOCCOCCOCCOCCOCCOCCOCCNC(=O)CCN4C(=O)CC(C(C)C)C4=O)C(C)C)cc3)=CN1C2=O. The quantitative estimate of drug-likeness (QED) is 0.0351. The topological polar surface area (TPSA) is 330 Å². The number of rotatable bonds is 47. The number of likely N-dealkylation sites (tertiary alicyclic amines) is 1. The molecule has 1 saturated heterocycles. The van der Waals surface area contributed by atoms with E-state index in [0.717, 1.165) is 17.6 Å². The predicted molar refractivity (Wildman–Crippen MR) is 384 cm³/mol. The number of aliphatic imine (C=N–C) groups is 2. The molecule has 5 atom stereocenters. The number of anilines is 1. The van der Waals surface area contributed by atoms with Crippen molar-refractivity contribution in [3.63, 3.8) is 0 Å². The highest BCUT2D eigenvalue weighted by molar-refractivity contribution is 6.07. The lowest BCUT2D eigenvalue weighted by molar-refractivity contribution is -0.140. The van der Waals surface area contributed by atoms with Gasteiger partial charge in [-0.1, -0.05) is 39.8 Å². The second-order valence-corrected chi connectivity index (χ2v) is 26.5. The number of hydrogen-bond donors (Lipinski definition) is 4. The summed E-state index contributed by atoms with van der Waals surface area (Å²) in [5.41, 5.74) is 5.34. The van der Waals surface area contributed by atoms with Crippen molar-refractivity contribution in [3.8, 4) is 23.0 Å². The minimum absolute atomic E-state index is 0.0152. The minimum Gasteiger partial charge on any atom is -0.493 e. The van der Waals surface area contributed by atoms with Crippen molar-refractivity contribution in [3.05, 3.63) is 83.2 Å². The van der Waals surface area contributed by atoms with Gasteiger partial charge >= 0.3 is 0 Å². The molecular weight excluding hydrogens is 1350 g/mol. The minimum atomic E-state index is -0.938. The maximum atomic E-state index is 14.2. The molecule has 1 aliphatic carbocycles. The Bertz CT molecular complexity index is 3560. The molecule has 9 rings (SSSR count). The van der Waals surface area contributed by atoms with Gasteiger partial charge in [0.15, 0.2) is 23.0 Å². The lowest BCUT2D eigenvalue weighted by Crippen LogP contribution is -2.53. The molecule has 2 fully saturated rings. The van der Waals surface area contributed by atoms with Crippen molar-refractivity contribution < 1.29 is 95.2 Å². The van der Waals surface area contributed by atoms with Crippen LogP contribution in [0.4, 0.5) is 17.1 Å². The third kappa shape index (κ3) is 23.2. The molecule has 2 unspecified atom stereocenters. The fourth-order valence-corrected chi connectivity index (χ4v) is 12.1. The zero-order valence-corrected chi connectivity index (χ0v) is 60.7. The highest BCUT2D eigenvalue weighted by Gasteiger charge is 2.41. The zero-order chi connectivity index (χ0) is 73.9. The van der Waals surface area contributed by atoms with Crippen LogP contribution in [0.1, 0.15) is 112 Å². The first-order chi connectivity index (χ1) is 50.4. The Hall–Kier alpha value is -8.68. The molecule has 566 valence electrons. The summed E-state index contributed by atoms with van der Waals surface area (Å²) in [4.78, 5) is 118. The molecule has 6 aliphatic rings. The van der Waals surface area contributed by atoms with Crippen LogP contribution >= 0.6 is 0 Å². The van der Waals surface area contributed by atoms with E-state index >= 15 is 0 Å². The molecule has 0 aromatic heterocycles. The Morgan fingerprint density at radius 2 is 1.04 bits per heavy atom. The first kappa shape index (κ1) is 79.4. The van der Waals surface area contributed by atoms with Crippen molar-refractivity contribution in [1.29, 1.82) is 0 Å². The Balaban J connectivity index is 0.561. The number of nitrogens with zero attached hydrogens (tertiary/aromatic N) is 5. The Morgan fingerprint density at radius 1 is 0.538 bits per heavy atom. The Kier molecular flexibility index (Phi) is 31.0. The van der Waals surface area contributed by atoms with E-state index in [1.807, 2.05) is 44.6 Å². The zero-order valence-electron chi connectivity index (χ0n) is 60.7. The second kappa shape index (κ2) is 40.6. The van der Waals surface area contributed by atoms with E-state index in [0.29, 0.717) is 169 Å². The van der Waals surface area contributed by atoms with E-state index < -0.39 is 23.9 Å². The van der Waals surface area contributed by atoms with Crippen LogP contribution in [-0.4, -0.2) is 245 Å². The van der Waals surface area contributed by atoms with Gasteiger partial charge in [-0.05, 0) is 84.9 Å². The first-order valence-electron chi connectivity index (χ1n) is 36.0. The average molecular weight is 1450 g/mol. The number of imide groups is 1. The van der Waals surface area contributed by atoms with Crippen LogP contribution in [-0.2, 0) is 66.7 Å². The van der Waals surface area contributed by atoms with Crippen molar-refractivity contribution >= 4 is 82.3 Å². The number of fused-ring (bicyclic) bond motifs is 4. The summed E-state index contributed by atoms with van der Waals surface area (Å²) in [6.45, 7) is 15.6. The number of carbonyl (C=O) groups excluding carboxylic acids is 8. The number of carbonyl (C=O) groups is 8. The van der Waals surface area contributed by atoms with E-state index in [9.17, 15) is 38.4 Å². The van der Waals surface area contributed by atoms with Crippen LogP contribution in [0.15, 0.2) is 76.5 Å². The summed E-state index contributed by atoms with van der Waals surface area (Å²) in [7, 11) is 3.05. The Morgan fingerprint density at radius 3 is 1.53 bits per heavy atom. The molecule has 5 heterocycles. The monoisotopic (exact) mass is 1450 g/mol. The molecule has 3 aromatic rings. The first-order valence-corrected chi connectivity index (χ1v) is 36.0. The van der Waals surface area contributed by atoms with Gasteiger partial charge in [-0.2, -0.15) is 0 Å². The van der Waals surface area contributed by atoms with Crippen molar-refractivity contribution in [2.24, 2.45) is 33.7 Å². The van der Waals surface area contributed by atoms with Crippen molar-refractivity contribution in [1.82, 2.24) is 30.7 Å². The van der Waals surface area contributed by atoms with Gasteiger partial charge in [0.2, 0.25) is 35.4 Å².